The third-order valence-corrected chi connectivity index (χ3v) is 3.67. The standard InChI is InChI=1S/C18H16N2O3/c21-16(22)10-5-11-19-18(23)17-12-6-1-3-8-14(12)20-15-9-4-2-7-13(15)17/h1-4,6-9H,5,10-11H2,(H,19,23)(H,21,22). The summed E-state index contributed by atoms with van der Waals surface area (Å²) in [5, 5.41) is 13.1. The highest BCUT2D eigenvalue weighted by Crippen LogP contribution is 2.25. The molecule has 3 aromatic rings. The Hall–Kier alpha value is -2.95. The van der Waals surface area contributed by atoms with Crippen LogP contribution in [-0.2, 0) is 4.79 Å². The van der Waals surface area contributed by atoms with E-state index in [1.807, 2.05) is 48.5 Å². The van der Waals surface area contributed by atoms with Gasteiger partial charge in [-0.3, -0.25) is 9.59 Å². The second-order valence-corrected chi connectivity index (χ2v) is 5.27. The van der Waals surface area contributed by atoms with Crippen LogP contribution in [0.25, 0.3) is 21.8 Å². The smallest absolute Gasteiger partial charge is 0.303 e. The lowest BCUT2D eigenvalue weighted by Gasteiger charge is -2.11. The molecule has 0 fully saturated rings. The molecule has 5 heteroatoms. The van der Waals surface area contributed by atoms with E-state index < -0.39 is 5.97 Å². The van der Waals surface area contributed by atoms with Crippen molar-refractivity contribution >= 4 is 33.7 Å². The van der Waals surface area contributed by atoms with Crippen molar-refractivity contribution in [1.82, 2.24) is 10.3 Å². The molecule has 0 saturated carbocycles. The van der Waals surface area contributed by atoms with Crippen LogP contribution in [-0.4, -0.2) is 28.5 Å². The summed E-state index contributed by atoms with van der Waals surface area (Å²) in [6.07, 6.45) is 0.445. The fourth-order valence-corrected chi connectivity index (χ4v) is 2.61. The molecule has 0 radical (unpaired) electrons. The lowest BCUT2D eigenvalue weighted by atomic mass is 10.0. The molecule has 0 bridgehead atoms. The van der Waals surface area contributed by atoms with Gasteiger partial charge >= 0.3 is 5.97 Å². The molecule has 0 unspecified atom stereocenters. The van der Waals surface area contributed by atoms with Crippen molar-refractivity contribution in [2.75, 3.05) is 6.54 Å². The number of amides is 1. The number of fused-ring (bicyclic) bond motifs is 2. The quantitative estimate of drug-likeness (QED) is 0.561. The molecular weight excluding hydrogens is 292 g/mol. The first-order chi connectivity index (χ1) is 11.2. The van der Waals surface area contributed by atoms with Crippen LogP contribution in [0.5, 0.6) is 0 Å². The highest BCUT2D eigenvalue weighted by Gasteiger charge is 2.15. The minimum Gasteiger partial charge on any atom is -0.481 e. The number of hydrogen-bond acceptors (Lipinski definition) is 3. The summed E-state index contributed by atoms with van der Waals surface area (Å²) < 4.78 is 0. The molecule has 0 aliphatic carbocycles. The van der Waals surface area contributed by atoms with E-state index in [4.69, 9.17) is 5.11 Å². The van der Waals surface area contributed by atoms with Crippen molar-refractivity contribution in [3.8, 4) is 0 Å². The Balaban J connectivity index is 1.99. The van der Waals surface area contributed by atoms with Crippen LogP contribution in [0.1, 0.15) is 23.2 Å². The second kappa shape index (κ2) is 6.44. The number of benzene rings is 2. The summed E-state index contributed by atoms with van der Waals surface area (Å²) in [6.45, 7) is 0.329. The Morgan fingerprint density at radius 3 is 2.09 bits per heavy atom. The van der Waals surface area contributed by atoms with Gasteiger partial charge in [0.25, 0.3) is 5.91 Å². The Morgan fingerprint density at radius 1 is 0.957 bits per heavy atom. The summed E-state index contributed by atoms with van der Waals surface area (Å²) in [6, 6.07) is 15.0. The number of pyridine rings is 1. The number of carbonyl (C=O) groups is 2. The molecule has 1 heterocycles. The van der Waals surface area contributed by atoms with Gasteiger partial charge in [0, 0.05) is 23.7 Å². The molecule has 0 aliphatic rings. The van der Waals surface area contributed by atoms with Crippen molar-refractivity contribution in [1.29, 1.82) is 0 Å². The molecule has 2 N–H and O–H groups in total. The number of aromatic nitrogens is 1. The summed E-state index contributed by atoms with van der Waals surface area (Å²) in [5.74, 6) is -1.07. The molecule has 0 atom stereocenters. The molecule has 1 amide bonds. The molecule has 23 heavy (non-hydrogen) atoms. The van der Waals surface area contributed by atoms with E-state index in [1.165, 1.54) is 0 Å². The number of rotatable bonds is 5. The molecule has 1 aromatic heterocycles. The van der Waals surface area contributed by atoms with Crippen LogP contribution in [0.15, 0.2) is 48.5 Å². The van der Waals surface area contributed by atoms with Crippen molar-refractivity contribution < 1.29 is 14.7 Å². The van der Waals surface area contributed by atoms with Crippen LogP contribution < -0.4 is 5.32 Å². The first-order valence-electron chi connectivity index (χ1n) is 7.44. The maximum Gasteiger partial charge on any atom is 0.303 e. The Kier molecular flexibility index (Phi) is 4.19. The molecule has 0 saturated heterocycles. The average Bonchev–Trinajstić information content (AvgIpc) is 2.56. The van der Waals surface area contributed by atoms with Gasteiger partial charge in [-0.15, -0.1) is 0 Å². The van der Waals surface area contributed by atoms with E-state index in [-0.39, 0.29) is 12.3 Å². The number of aliphatic carboxylic acids is 1. The van der Waals surface area contributed by atoms with Crippen molar-refractivity contribution in [2.45, 2.75) is 12.8 Å². The molecule has 0 aliphatic heterocycles. The van der Waals surface area contributed by atoms with E-state index >= 15 is 0 Å². The van der Waals surface area contributed by atoms with Crippen LogP contribution in [0.2, 0.25) is 0 Å². The fraction of sp³-hybridized carbons (Fsp3) is 0.167. The Labute approximate surface area is 133 Å². The highest BCUT2D eigenvalue weighted by molar-refractivity contribution is 6.16. The summed E-state index contributed by atoms with van der Waals surface area (Å²) in [5.41, 5.74) is 2.12. The zero-order valence-electron chi connectivity index (χ0n) is 12.5. The van der Waals surface area contributed by atoms with Gasteiger partial charge in [-0.1, -0.05) is 36.4 Å². The van der Waals surface area contributed by atoms with Crippen LogP contribution in [0, 0.1) is 0 Å². The Bertz CT molecular complexity index is 836. The number of carboxylic acids is 1. The molecule has 2 aromatic carbocycles. The largest absolute Gasteiger partial charge is 0.481 e. The molecule has 5 nitrogen and oxygen atoms in total. The lowest BCUT2D eigenvalue weighted by Crippen LogP contribution is -2.25. The zero-order valence-corrected chi connectivity index (χ0v) is 12.5. The van der Waals surface area contributed by atoms with E-state index in [0.29, 0.717) is 18.5 Å². The number of nitrogens with zero attached hydrogens (tertiary/aromatic N) is 1. The maximum absolute atomic E-state index is 12.6. The summed E-state index contributed by atoms with van der Waals surface area (Å²) >= 11 is 0. The van der Waals surface area contributed by atoms with Gasteiger partial charge in [0.2, 0.25) is 0 Å². The first kappa shape index (κ1) is 15.0. The van der Waals surface area contributed by atoms with E-state index in [2.05, 4.69) is 10.3 Å². The molecule has 0 spiro atoms. The highest BCUT2D eigenvalue weighted by atomic mass is 16.4. The van der Waals surface area contributed by atoms with E-state index in [0.717, 1.165) is 21.8 Å². The second-order valence-electron chi connectivity index (χ2n) is 5.27. The number of carbonyl (C=O) groups excluding carboxylic acids is 1. The average molecular weight is 308 g/mol. The number of carboxylic acid groups (broad SMARTS) is 1. The number of hydrogen-bond donors (Lipinski definition) is 2. The van der Waals surface area contributed by atoms with E-state index in [1.54, 1.807) is 0 Å². The van der Waals surface area contributed by atoms with Gasteiger partial charge in [-0.2, -0.15) is 0 Å². The lowest BCUT2D eigenvalue weighted by molar-refractivity contribution is -0.137. The van der Waals surface area contributed by atoms with Gasteiger partial charge in [-0.05, 0) is 18.6 Å². The van der Waals surface area contributed by atoms with Crippen molar-refractivity contribution in [2.24, 2.45) is 0 Å². The van der Waals surface area contributed by atoms with Gasteiger partial charge in [0.05, 0.1) is 16.6 Å². The Morgan fingerprint density at radius 2 is 1.52 bits per heavy atom. The molecule has 116 valence electrons. The van der Waals surface area contributed by atoms with Gasteiger partial charge < -0.3 is 10.4 Å². The monoisotopic (exact) mass is 308 g/mol. The fourth-order valence-electron chi connectivity index (χ4n) is 2.61. The number of para-hydroxylation sites is 2. The SMILES string of the molecule is O=C(O)CCCNC(=O)c1c2ccccc2nc2ccccc12. The van der Waals surface area contributed by atoms with Gasteiger partial charge in [-0.25, -0.2) is 4.98 Å². The topological polar surface area (TPSA) is 79.3 Å². The molecular formula is C18H16N2O3. The predicted octanol–water partition coefficient (Wildman–Crippen LogP) is 2.98. The minimum atomic E-state index is -0.862. The van der Waals surface area contributed by atoms with E-state index in [9.17, 15) is 9.59 Å². The predicted molar refractivity (Wildman–Crippen MR) is 88.5 cm³/mol. The van der Waals surface area contributed by atoms with Gasteiger partial charge in [0.15, 0.2) is 0 Å². The third-order valence-electron chi connectivity index (χ3n) is 3.67. The molecule has 3 rings (SSSR count). The maximum atomic E-state index is 12.6. The zero-order chi connectivity index (χ0) is 16.2. The van der Waals surface area contributed by atoms with Gasteiger partial charge in [0.1, 0.15) is 0 Å². The van der Waals surface area contributed by atoms with Crippen LogP contribution in [0.3, 0.4) is 0 Å². The first-order valence-corrected chi connectivity index (χ1v) is 7.44. The normalized spacial score (nSPS) is 10.8. The summed E-state index contributed by atoms with van der Waals surface area (Å²) in [4.78, 5) is 27.8. The van der Waals surface area contributed by atoms with Crippen molar-refractivity contribution in [3.63, 3.8) is 0 Å². The number of nitrogens with one attached hydrogen (secondary N) is 1. The third kappa shape index (κ3) is 3.13. The minimum absolute atomic E-state index is 0.0398. The summed E-state index contributed by atoms with van der Waals surface area (Å²) in [7, 11) is 0. The van der Waals surface area contributed by atoms with Crippen LogP contribution in [0.4, 0.5) is 0 Å². The van der Waals surface area contributed by atoms with Crippen molar-refractivity contribution in [3.05, 3.63) is 54.1 Å². The van der Waals surface area contributed by atoms with Crippen LogP contribution >= 0.6 is 0 Å².